The number of aryl methyl sites for hydroxylation is 2. The number of ether oxygens (including phenoxy) is 2. The maximum Gasteiger partial charge on any atom is 0.282 e. The van der Waals surface area contributed by atoms with Crippen molar-refractivity contribution in [1.82, 2.24) is 0 Å². The van der Waals surface area contributed by atoms with Gasteiger partial charge in [0.1, 0.15) is 5.70 Å². The van der Waals surface area contributed by atoms with Crippen LogP contribution in [0.25, 0.3) is 5.57 Å². The van der Waals surface area contributed by atoms with Crippen molar-refractivity contribution < 1.29 is 19.1 Å². The molecule has 0 unspecified atom stereocenters. The van der Waals surface area contributed by atoms with Crippen LogP contribution in [0.5, 0.6) is 11.5 Å². The number of rotatable bonds is 6. The van der Waals surface area contributed by atoms with Crippen LogP contribution in [0.2, 0.25) is 0 Å². The van der Waals surface area contributed by atoms with Crippen molar-refractivity contribution in [2.45, 2.75) is 13.8 Å². The van der Waals surface area contributed by atoms with Gasteiger partial charge in [-0.05, 0) is 54.8 Å². The molecule has 3 aromatic rings. The highest BCUT2D eigenvalue weighted by atomic mass is 16.5. The molecule has 6 heteroatoms. The molecule has 1 N–H and O–H groups in total. The van der Waals surface area contributed by atoms with E-state index in [1.807, 2.05) is 62.4 Å². The van der Waals surface area contributed by atoms with Crippen molar-refractivity contribution >= 4 is 28.8 Å². The second-order valence-corrected chi connectivity index (χ2v) is 7.60. The number of anilines is 2. The summed E-state index contributed by atoms with van der Waals surface area (Å²) in [6.07, 6.45) is 0. The minimum Gasteiger partial charge on any atom is -0.493 e. The lowest BCUT2D eigenvalue weighted by Crippen LogP contribution is -2.32. The Hall–Kier alpha value is -4.06. The fourth-order valence-corrected chi connectivity index (χ4v) is 3.89. The number of imide groups is 1. The minimum atomic E-state index is -0.409. The van der Waals surface area contributed by atoms with Crippen LogP contribution >= 0.6 is 0 Å². The Kier molecular flexibility index (Phi) is 5.69. The first kappa shape index (κ1) is 21.2. The predicted octanol–water partition coefficient (Wildman–Crippen LogP) is 4.72. The highest BCUT2D eigenvalue weighted by molar-refractivity contribution is 6.46. The molecule has 1 aliphatic heterocycles. The fraction of sp³-hybridized carbons (Fsp3) is 0.154. The number of nitrogens with one attached hydrogen (secondary N) is 1. The lowest BCUT2D eigenvalue weighted by molar-refractivity contribution is -0.120. The van der Waals surface area contributed by atoms with E-state index >= 15 is 0 Å². The Bertz CT molecular complexity index is 1210. The molecular weight excluding hydrogens is 404 g/mol. The molecule has 0 saturated carbocycles. The molecule has 4 rings (SSSR count). The number of amides is 2. The summed E-state index contributed by atoms with van der Waals surface area (Å²) in [4.78, 5) is 28.3. The maximum atomic E-state index is 13.5. The molecule has 1 heterocycles. The summed E-state index contributed by atoms with van der Waals surface area (Å²) < 4.78 is 10.7. The van der Waals surface area contributed by atoms with E-state index in [9.17, 15) is 9.59 Å². The highest BCUT2D eigenvalue weighted by Gasteiger charge is 2.40. The monoisotopic (exact) mass is 428 g/mol. The van der Waals surface area contributed by atoms with Gasteiger partial charge in [0, 0.05) is 11.8 Å². The van der Waals surface area contributed by atoms with Gasteiger partial charge in [0.05, 0.1) is 25.5 Å². The van der Waals surface area contributed by atoms with Gasteiger partial charge in [-0.1, -0.05) is 36.4 Å². The molecule has 0 saturated heterocycles. The number of carbonyl (C=O) groups is 2. The van der Waals surface area contributed by atoms with E-state index in [0.29, 0.717) is 34.0 Å². The number of benzene rings is 3. The standard InChI is InChI=1S/C26H24N2O4/c1-16-12-17(2)14-20(13-16)28-25(29)23(18-8-6-5-7-9-18)24(26(28)30)27-19-10-11-21(31-3)22(15-19)32-4/h5-15,27H,1-4H3. The number of methoxy groups -OCH3 is 2. The minimum absolute atomic E-state index is 0.215. The fourth-order valence-electron chi connectivity index (χ4n) is 3.89. The number of hydrogen-bond donors (Lipinski definition) is 1. The van der Waals surface area contributed by atoms with E-state index in [4.69, 9.17) is 9.47 Å². The summed E-state index contributed by atoms with van der Waals surface area (Å²) in [5.41, 5.74) is 4.31. The number of hydrogen-bond acceptors (Lipinski definition) is 5. The van der Waals surface area contributed by atoms with Gasteiger partial charge in [-0.3, -0.25) is 9.59 Å². The van der Waals surface area contributed by atoms with Gasteiger partial charge >= 0.3 is 0 Å². The second-order valence-electron chi connectivity index (χ2n) is 7.60. The van der Waals surface area contributed by atoms with E-state index < -0.39 is 5.91 Å². The van der Waals surface area contributed by atoms with Crippen LogP contribution in [0, 0.1) is 13.8 Å². The molecule has 0 aliphatic carbocycles. The first-order valence-corrected chi connectivity index (χ1v) is 10.2. The molecule has 3 aromatic carbocycles. The Morgan fingerprint density at radius 3 is 2.03 bits per heavy atom. The zero-order valence-corrected chi connectivity index (χ0v) is 18.4. The average molecular weight is 428 g/mol. The van der Waals surface area contributed by atoms with Crippen LogP contribution in [-0.4, -0.2) is 26.0 Å². The SMILES string of the molecule is COc1ccc(NC2=C(c3ccccc3)C(=O)N(c3cc(C)cc(C)c3)C2=O)cc1OC. The third-order valence-corrected chi connectivity index (χ3v) is 5.26. The summed E-state index contributed by atoms with van der Waals surface area (Å²) in [5, 5.41) is 3.16. The van der Waals surface area contributed by atoms with E-state index in [2.05, 4.69) is 5.32 Å². The largest absolute Gasteiger partial charge is 0.493 e. The smallest absolute Gasteiger partial charge is 0.282 e. The zero-order valence-electron chi connectivity index (χ0n) is 18.4. The maximum absolute atomic E-state index is 13.5. The van der Waals surface area contributed by atoms with Crippen LogP contribution in [0.1, 0.15) is 16.7 Å². The van der Waals surface area contributed by atoms with E-state index in [0.717, 1.165) is 11.1 Å². The van der Waals surface area contributed by atoms with Gasteiger partial charge in [0.2, 0.25) is 0 Å². The molecule has 2 amide bonds. The summed E-state index contributed by atoms with van der Waals surface area (Å²) in [7, 11) is 3.10. The van der Waals surface area contributed by atoms with Crippen LogP contribution in [0.15, 0.2) is 72.4 Å². The Balaban J connectivity index is 1.81. The van der Waals surface area contributed by atoms with Gasteiger partial charge in [0.15, 0.2) is 11.5 Å². The van der Waals surface area contributed by atoms with Crippen molar-refractivity contribution in [3.63, 3.8) is 0 Å². The molecule has 0 bridgehead atoms. The quantitative estimate of drug-likeness (QED) is 0.576. The van der Waals surface area contributed by atoms with Crippen LogP contribution in [0.4, 0.5) is 11.4 Å². The molecule has 162 valence electrons. The molecule has 0 atom stereocenters. The van der Waals surface area contributed by atoms with E-state index in [-0.39, 0.29) is 11.6 Å². The van der Waals surface area contributed by atoms with Crippen LogP contribution < -0.4 is 19.7 Å². The zero-order chi connectivity index (χ0) is 22.8. The first-order chi connectivity index (χ1) is 15.4. The summed E-state index contributed by atoms with van der Waals surface area (Å²) in [6.45, 7) is 3.88. The van der Waals surface area contributed by atoms with Gasteiger partial charge in [-0.15, -0.1) is 0 Å². The third-order valence-electron chi connectivity index (χ3n) is 5.26. The van der Waals surface area contributed by atoms with Crippen LogP contribution in [-0.2, 0) is 9.59 Å². The summed E-state index contributed by atoms with van der Waals surface area (Å²) >= 11 is 0. The van der Waals surface area contributed by atoms with Crippen molar-refractivity contribution in [1.29, 1.82) is 0 Å². The van der Waals surface area contributed by atoms with Crippen molar-refractivity contribution in [3.8, 4) is 11.5 Å². The lowest BCUT2D eigenvalue weighted by Gasteiger charge is -2.17. The summed E-state index contributed by atoms with van der Waals surface area (Å²) in [6, 6.07) is 20.1. The molecule has 0 fully saturated rings. The number of carbonyl (C=O) groups excluding carboxylic acids is 2. The Morgan fingerprint density at radius 2 is 1.41 bits per heavy atom. The Morgan fingerprint density at radius 1 is 0.750 bits per heavy atom. The molecule has 32 heavy (non-hydrogen) atoms. The van der Waals surface area contributed by atoms with Crippen molar-refractivity contribution in [2.24, 2.45) is 0 Å². The van der Waals surface area contributed by atoms with Gasteiger partial charge in [-0.2, -0.15) is 0 Å². The van der Waals surface area contributed by atoms with Crippen molar-refractivity contribution in [3.05, 3.63) is 89.1 Å². The van der Waals surface area contributed by atoms with E-state index in [1.54, 1.807) is 32.4 Å². The van der Waals surface area contributed by atoms with Gasteiger partial charge in [-0.25, -0.2) is 4.90 Å². The Labute approximate surface area is 187 Å². The highest BCUT2D eigenvalue weighted by Crippen LogP contribution is 2.36. The number of nitrogens with zero attached hydrogens (tertiary/aromatic N) is 1. The summed E-state index contributed by atoms with van der Waals surface area (Å²) in [5.74, 6) is 0.311. The second kappa shape index (κ2) is 8.59. The van der Waals surface area contributed by atoms with Gasteiger partial charge in [0.25, 0.3) is 11.8 Å². The van der Waals surface area contributed by atoms with Crippen LogP contribution in [0.3, 0.4) is 0 Å². The topological polar surface area (TPSA) is 67.9 Å². The molecule has 0 aromatic heterocycles. The molecule has 6 nitrogen and oxygen atoms in total. The molecule has 0 radical (unpaired) electrons. The normalized spacial score (nSPS) is 13.6. The molecule has 1 aliphatic rings. The third kappa shape index (κ3) is 3.83. The average Bonchev–Trinajstić information content (AvgIpc) is 3.02. The molecule has 0 spiro atoms. The van der Waals surface area contributed by atoms with E-state index in [1.165, 1.54) is 4.90 Å². The first-order valence-electron chi connectivity index (χ1n) is 10.2. The molecular formula is C26H24N2O4. The van der Waals surface area contributed by atoms with Crippen molar-refractivity contribution in [2.75, 3.05) is 24.4 Å². The predicted molar refractivity (Wildman–Crippen MR) is 125 cm³/mol. The lowest BCUT2D eigenvalue weighted by atomic mass is 10.0. The van der Waals surface area contributed by atoms with Gasteiger partial charge < -0.3 is 14.8 Å².